The number of nitrogens with zero attached hydrogens (tertiary/aromatic N) is 1. The summed E-state index contributed by atoms with van der Waals surface area (Å²) in [7, 11) is 3.03. The van der Waals surface area contributed by atoms with E-state index in [-0.39, 0.29) is 12.3 Å². The molecule has 0 aliphatic heterocycles. The number of benzene rings is 1. The van der Waals surface area contributed by atoms with Crippen LogP contribution in [0.25, 0.3) is 0 Å². The largest absolute Gasteiger partial charge is 0.493 e. The molecule has 0 fully saturated rings. The van der Waals surface area contributed by atoms with E-state index in [0.29, 0.717) is 22.7 Å². The lowest BCUT2D eigenvalue weighted by atomic mass is 10.1. The third kappa shape index (κ3) is 3.11. The Morgan fingerprint density at radius 2 is 1.94 bits per heavy atom. The maximum absolute atomic E-state index is 11.1. The van der Waals surface area contributed by atoms with Gasteiger partial charge in [-0.15, -0.1) is 0 Å². The van der Waals surface area contributed by atoms with Gasteiger partial charge in [-0.05, 0) is 11.6 Å². The SMILES string of the molecule is COc1cc(CC#N)c(NC(C)=O)cc1OC. The van der Waals surface area contributed by atoms with Crippen LogP contribution in [0.2, 0.25) is 0 Å². The molecule has 0 aliphatic rings. The lowest BCUT2D eigenvalue weighted by molar-refractivity contribution is -0.114. The molecule has 0 spiro atoms. The average molecular weight is 234 g/mol. The second-order valence-corrected chi connectivity index (χ2v) is 3.38. The van der Waals surface area contributed by atoms with Crippen LogP contribution in [0.4, 0.5) is 5.69 Å². The summed E-state index contributed by atoms with van der Waals surface area (Å²) in [6, 6.07) is 5.37. The van der Waals surface area contributed by atoms with Crippen molar-refractivity contribution in [1.82, 2.24) is 0 Å². The number of methoxy groups -OCH3 is 2. The van der Waals surface area contributed by atoms with Crippen molar-refractivity contribution < 1.29 is 14.3 Å². The van der Waals surface area contributed by atoms with Crippen LogP contribution >= 0.6 is 0 Å². The Labute approximate surface area is 100.0 Å². The van der Waals surface area contributed by atoms with Gasteiger partial charge >= 0.3 is 0 Å². The van der Waals surface area contributed by atoms with Crippen molar-refractivity contribution in [2.24, 2.45) is 0 Å². The number of hydrogen-bond acceptors (Lipinski definition) is 4. The smallest absolute Gasteiger partial charge is 0.221 e. The number of nitriles is 1. The van der Waals surface area contributed by atoms with E-state index in [0.717, 1.165) is 0 Å². The maximum Gasteiger partial charge on any atom is 0.221 e. The molecular formula is C12H14N2O3. The van der Waals surface area contributed by atoms with E-state index in [1.54, 1.807) is 12.1 Å². The summed E-state index contributed by atoms with van der Waals surface area (Å²) in [6.45, 7) is 1.41. The van der Waals surface area contributed by atoms with Crippen LogP contribution in [-0.2, 0) is 11.2 Å². The lowest BCUT2D eigenvalue weighted by Gasteiger charge is -2.13. The first-order valence-electron chi connectivity index (χ1n) is 5.01. The third-order valence-corrected chi connectivity index (χ3v) is 2.19. The van der Waals surface area contributed by atoms with Gasteiger partial charge in [-0.3, -0.25) is 4.79 Å². The standard InChI is InChI=1S/C12H14N2O3/c1-8(15)14-10-7-12(17-3)11(16-2)6-9(10)4-5-13/h6-7H,4H2,1-3H3,(H,14,15). The van der Waals surface area contributed by atoms with Crippen molar-refractivity contribution >= 4 is 11.6 Å². The monoisotopic (exact) mass is 234 g/mol. The fourth-order valence-electron chi connectivity index (χ4n) is 1.46. The normalized spacial score (nSPS) is 9.29. The zero-order valence-corrected chi connectivity index (χ0v) is 10.0. The van der Waals surface area contributed by atoms with Crippen molar-refractivity contribution in [3.63, 3.8) is 0 Å². The summed E-state index contributed by atoms with van der Waals surface area (Å²) in [5, 5.41) is 11.4. The molecule has 0 bridgehead atoms. The Balaban J connectivity index is 3.24. The van der Waals surface area contributed by atoms with Crippen LogP contribution in [0.5, 0.6) is 11.5 Å². The van der Waals surface area contributed by atoms with Crippen LogP contribution in [0.1, 0.15) is 12.5 Å². The Morgan fingerprint density at radius 3 is 2.41 bits per heavy atom. The molecule has 0 atom stereocenters. The number of nitrogens with one attached hydrogen (secondary N) is 1. The quantitative estimate of drug-likeness (QED) is 0.861. The van der Waals surface area contributed by atoms with E-state index in [4.69, 9.17) is 14.7 Å². The number of anilines is 1. The highest BCUT2D eigenvalue weighted by atomic mass is 16.5. The van der Waals surface area contributed by atoms with E-state index in [9.17, 15) is 4.79 Å². The number of amides is 1. The third-order valence-electron chi connectivity index (χ3n) is 2.19. The second kappa shape index (κ2) is 5.75. The van der Waals surface area contributed by atoms with Crippen molar-refractivity contribution in [2.45, 2.75) is 13.3 Å². The van der Waals surface area contributed by atoms with Crippen LogP contribution in [0.15, 0.2) is 12.1 Å². The Bertz CT molecular complexity index is 464. The summed E-state index contributed by atoms with van der Waals surface area (Å²) < 4.78 is 10.3. The Kier molecular flexibility index (Phi) is 4.35. The molecule has 5 nitrogen and oxygen atoms in total. The average Bonchev–Trinajstić information content (AvgIpc) is 2.30. The van der Waals surface area contributed by atoms with Gasteiger partial charge < -0.3 is 14.8 Å². The summed E-state index contributed by atoms with van der Waals surface area (Å²) in [4.78, 5) is 11.1. The fraction of sp³-hybridized carbons (Fsp3) is 0.333. The molecule has 1 aromatic carbocycles. The highest BCUT2D eigenvalue weighted by Gasteiger charge is 2.11. The molecule has 0 radical (unpaired) electrons. The van der Waals surface area contributed by atoms with Crippen molar-refractivity contribution in [3.05, 3.63) is 17.7 Å². The van der Waals surface area contributed by atoms with Gasteiger partial charge in [0.05, 0.1) is 26.7 Å². The maximum atomic E-state index is 11.1. The molecule has 0 unspecified atom stereocenters. The second-order valence-electron chi connectivity index (χ2n) is 3.38. The molecule has 0 saturated heterocycles. The molecule has 0 heterocycles. The first kappa shape index (κ1) is 12.8. The minimum atomic E-state index is -0.198. The molecular weight excluding hydrogens is 220 g/mol. The predicted octanol–water partition coefficient (Wildman–Crippen LogP) is 1.73. The molecule has 1 aromatic rings. The minimum absolute atomic E-state index is 0.190. The van der Waals surface area contributed by atoms with Crippen LogP contribution < -0.4 is 14.8 Å². The molecule has 5 heteroatoms. The highest BCUT2D eigenvalue weighted by Crippen LogP contribution is 2.33. The van der Waals surface area contributed by atoms with Crippen LogP contribution in [0.3, 0.4) is 0 Å². The Morgan fingerprint density at radius 1 is 1.35 bits per heavy atom. The van der Waals surface area contributed by atoms with Crippen molar-refractivity contribution in [1.29, 1.82) is 5.26 Å². The summed E-state index contributed by atoms with van der Waals surface area (Å²) in [5.74, 6) is 0.848. The van der Waals surface area contributed by atoms with E-state index in [2.05, 4.69) is 5.32 Å². The lowest BCUT2D eigenvalue weighted by Crippen LogP contribution is -2.08. The summed E-state index contributed by atoms with van der Waals surface area (Å²) in [5.41, 5.74) is 1.26. The molecule has 1 rings (SSSR count). The first-order valence-corrected chi connectivity index (χ1v) is 5.01. The summed E-state index contributed by atoms with van der Waals surface area (Å²) >= 11 is 0. The molecule has 17 heavy (non-hydrogen) atoms. The van der Waals surface area contributed by atoms with Gasteiger partial charge in [0.25, 0.3) is 0 Å². The van der Waals surface area contributed by atoms with Gasteiger partial charge in [0.2, 0.25) is 5.91 Å². The Hall–Kier alpha value is -2.22. The molecule has 0 aliphatic carbocycles. The van der Waals surface area contributed by atoms with Gasteiger partial charge in [0.15, 0.2) is 11.5 Å². The fourth-order valence-corrected chi connectivity index (χ4v) is 1.46. The van der Waals surface area contributed by atoms with E-state index >= 15 is 0 Å². The van der Waals surface area contributed by atoms with Gasteiger partial charge in [0.1, 0.15) is 0 Å². The van der Waals surface area contributed by atoms with Crippen molar-refractivity contribution in [2.75, 3.05) is 19.5 Å². The van der Waals surface area contributed by atoms with E-state index < -0.39 is 0 Å². The number of carbonyl (C=O) groups excluding carboxylic acids is 1. The van der Waals surface area contributed by atoms with Gasteiger partial charge in [-0.1, -0.05) is 0 Å². The first-order chi connectivity index (χ1) is 8.12. The van der Waals surface area contributed by atoms with Gasteiger partial charge in [-0.2, -0.15) is 5.26 Å². The zero-order chi connectivity index (χ0) is 12.8. The number of hydrogen-bond donors (Lipinski definition) is 1. The van der Waals surface area contributed by atoms with Gasteiger partial charge in [0, 0.05) is 18.7 Å². The molecule has 1 N–H and O–H groups in total. The zero-order valence-electron chi connectivity index (χ0n) is 10.0. The van der Waals surface area contributed by atoms with Crippen LogP contribution in [-0.4, -0.2) is 20.1 Å². The van der Waals surface area contributed by atoms with Crippen LogP contribution in [0, 0.1) is 11.3 Å². The molecule has 90 valence electrons. The number of carbonyl (C=O) groups is 1. The predicted molar refractivity (Wildman–Crippen MR) is 63.2 cm³/mol. The number of rotatable bonds is 4. The highest BCUT2D eigenvalue weighted by molar-refractivity contribution is 5.90. The van der Waals surface area contributed by atoms with Gasteiger partial charge in [-0.25, -0.2) is 0 Å². The number of ether oxygens (including phenoxy) is 2. The molecule has 0 aromatic heterocycles. The minimum Gasteiger partial charge on any atom is -0.493 e. The van der Waals surface area contributed by atoms with Crippen molar-refractivity contribution in [3.8, 4) is 17.6 Å². The van der Waals surface area contributed by atoms with E-state index in [1.165, 1.54) is 21.1 Å². The topological polar surface area (TPSA) is 71.3 Å². The molecule has 1 amide bonds. The van der Waals surface area contributed by atoms with E-state index in [1.807, 2.05) is 6.07 Å². The summed E-state index contributed by atoms with van der Waals surface area (Å²) in [6.07, 6.45) is 0.190. The molecule has 0 saturated carbocycles.